The van der Waals surface area contributed by atoms with Crippen molar-refractivity contribution in [1.82, 2.24) is 4.90 Å². The molecule has 1 aliphatic carbocycles. The van der Waals surface area contributed by atoms with Crippen LogP contribution in [0, 0.1) is 0 Å². The van der Waals surface area contributed by atoms with E-state index in [1.807, 2.05) is 29.2 Å². The van der Waals surface area contributed by atoms with Crippen LogP contribution in [0.25, 0.3) is 11.1 Å². The van der Waals surface area contributed by atoms with Gasteiger partial charge in [-0.25, -0.2) is 4.79 Å². The summed E-state index contributed by atoms with van der Waals surface area (Å²) < 4.78 is 44.7. The Morgan fingerprint density at radius 1 is 0.944 bits per heavy atom. The summed E-state index contributed by atoms with van der Waals surface area (Å²) in [4.78, 5) is 27.6. The first-order valence-corrected chi connectivity index (χ1v) is 12.7. The maximum atomic E-state index is 13.0. The smallest absolute Gasteiger partial charge is 0.448 e. The van der Waals surface area contributed by atoms with Crippen LogP contribution in [-0.4, -0.2) is 58.5 Å². The third-order valence-electron chi connectivity index (χ3n) is 6.48. The number of halogens is 1. The molecule has 0 atom stereocenters. The van der Waals surface area contributed by atoms with Gasteiger partial charge in [0.1, 0.15) is 18.6 Å². The van der Waals surface area contributed by atoms with E-state index in [1.54, 1.807) is 11.0 Å². The Hall–Kier alpha value is -3.92. The zero-order valence-electron chi connectivity index (χ0n) is 19.2. The van der Waals surface area contributed by atoms with Gasteiger partial charge in [0.2, 0.25) is 0 Å². The van der Waals surface area contributed by atoms with E-state index in [1.165, 1.54) is 6.07 Å². The largest absolute Gasteiger partial charge is 0.488 e. The quantitative estimate of drug-likeness (QED) is 0.363. The summed E-state index contributed by atoms with van der Waals surface area (Å²) in [5.41, 5.74) is 5.23. The molecular weight excluding hydrogens is 487 g/mol. The summed E-state index contributed by atoms with van der Waals surface area (Å²) in [6.45, 7) is 1.77. The normalized spacial score (nSPS) is 15.2. The SMILES string of the molecule is O=Cc1cc(OS(=O)(=O)F)cc(N2CCN(C(=O)OCC3c4ccccc4-c4ccccc43)CC2)c1. The minimum absolute atomic E-state index is 0.0288. The minimum atomic E-state index is -5.22. The first-order chi connectivity index (χ1) is 17.3. The molecule has 3 aromatic rings. The van der Waals surface area contributed by atoms with Gasteiger partial charge in [-0.15, -0.1) is 0 Å². The van der Waals surface area contributed by atoms with E-state index >= 15 is 0 Å². The highest BCUT2D eigenvalue weighted by molar-refractivity contribution is 7.81. The Balaban J connectivity index is 1.22. The van der Waals surface area contributed by atoms with Crippen molar-refractivity contribution in [3.8, 4) is 16.9 Å². The van der Waals surface area contributed by atoms with E-state index in [0.717, 1.165) is 28.3 Å². The van der Waals surface area contributed by atoms with Gasteiger partial charge in [0, 0.05) is 49.4 Å². The average Bonchev–Trinajstić information content (AvgIpc) is 3.20. The average molecular weight is 511 g/mol. The van der Waals surface area contributed by atoms with Gasteiger partial charge in [-0.3, -0.25) is 4.79 Å². The lowest BCUT2D eigenvalue weighted by Crippen LogP contribution is -2.49. The predicted octanol–water partition coefficient (Wildman–Crippen LogP) is 4.16. The van der Waals surface area contributed by atoms with Crippen LogP contribution in [0.4, 0.5) is 14.4 Å². The van der Waals surface area contributed by atoms with E-state index in [2.05, 4.69) is 28.4 Å². The first kappa shape index (κ1) is 23.8. The molecule has 1 aliphatic heterocycles. The Labute approximate surface area is 208 Å². The lowest BCUT2D eigenvalue weighted by atomic mass is 9.98. The summed E-state index contributed by atoms with van der Waals surface area (Å²) in [6.07, 6.45) is 0.111. The lowest BCUT2D eigenvalue weighted by molar-refractivity contribution is 0.0976. The molecule has 36 heavy (non-hydrogen) atoms. The molecule has 3 aromatic carbocycles. The Kier molecular flexibility index (Phi) is 6.36. The number of nitrogens with zero attached hydrogens (tertiary/aromatic N) is 2. The van der Waals surface area contributed by atoms with E-state index < -0.39 is 16.6 Å². The van der Waals surface area contributed by atoms with E-state index in [0.29, 0.717) is 38.2 Å². The second-order valence-corrected chi connectivity index (χ2v) is 9.59. The third-order valence-corrected chi connectivity index (χ3v) is 6.88. The number of hydrogen-bond donors (Lipinski definition) is 0. The maximum absolute atomic E-state index is 13.0. The standard InChI is InChI=1S/C26H23FN2O6S/c27-36(32,33)35-20-14-18(16-30)13-19(15-20)28-9-11-29(12-10-28)26(31)34-17-25-23-7-3-1-5-21(23)22-6-2-4-8-24(22)25/h1-8,13-16,25H,9-12,17H2. The molecular formula is C26H23FN2O6S. The highest BCUT2D eigenvalue weighted by atomic mass is 32.3. The summed E-state index contributed by atoms with van der Waals surface area (Å²) in [6, 6.07) is 20.3. The molecule has 0 unspecified atom stereocenters. The fourth-order valence-electron chi connectivity index (χ4n) is 4.85. The number of rotatable bonds is 6. The minimum Gasteiger partial charge on any atom is -0.448 e. The molecule has 0 N–H and O–H groups in total. The van der Waals surface area contributed by atoms with Crippen LogP contribution in [0.15, 0.2) is 66.7 Å². The van der Waals surface area contributed by atoms with Gasteiger partial charge in [0.25, 0.3) is 0 Å². The van der Waals surface area contributed by atoms with Gasteiger partial charge in [-0.1, -0.05) is 52.4 Å². The fourth-order valence-corrected chi connectivity index (χ4v) is 5.18. The number of fused-ring (bicyclic) bond motifs is 3. The summed E-state index contributed by atoms with van der Waals surface area (Å²) >= 11 is 0. The van der Waals surface area contributed by atoms with Gasteiger partial charge in [-0.2, -0.15) is 8.42 Å². The molecule has 0 saturated carbocycles. The summed E-state index contributed by atoms with van der Waals surface area (Å²) in [5, 5.41) is 0. The number of hydrogen-bond acceptors (Lipinski definition) is 7. The van der Waals surface area contributed by atoms with Gasteiger partial charge >= 0.3 is 16.6 Å². The molecule has 8 nitrogen and oxygen atoms in total. The van der Waals surface area contributed by atoms with Gasteiger partial charge < -0.3 is 18.7 Å². The monoisotopic (exact) mass is 510 g/mol. The number of aldehydes is 1. The summed E-state index contributed by atoms with van der Waals surface area (Å²) in [7, 11) is -5.22. The van der Waals surface area contributed by atoms with Crippen molar-refractivity contribution in [1.29, 1.82) is 0 Å². The number of ether oxygens (including phenoxy) is 1. The Morgan fingerprint density at radius 2 is 1.56 bits per heavy atom. The molecule has 1 fully saturated rings. The highest BCUT2D eigenvalue weighted by Gasteiger charge is 2.30. The number of amides is 1. The highest BCUT2D eigenvalue weighted by Crippen LogP contribution is 2.44. The van der Waals surface area contributed by atoms with Crippen LogP contribution in [0.1, 0.15) is 27.4 Å². The van der Waals surface area contributed by atoms with Gasteiger partial charge in [-0.05, 0) is 34.4 Å². The van der Waals surface area contributed by atoms with E-state index in [9.17, 15) is 21.9 Å². The fraction of sp³-hybridized carbons (Fsp3) is 0.231. The molecule has 2 aliphatic rings. The number of carbonyl (C=O) groups is 2. The number of anilines is 1. The predicted molar refractivity (Wildman–Crippen MR) is 131 cm³/mol. The van der Waals surface area contributed by atoms with Crippen molar-refractivity contribution >= 4 is 28.6 Å². The lowest BCUT2D eigenvalue weighted by Gasteiger charge is -2.35. The van der Waals surface area contributed by atoms with E-state index in [-0.39, 0.29) is 23.8 Å². The molecule has 1 heterocycles. The molecule has 10 heteroatoms. The first-order valence-electron chi connectivity index (χ1n) is 11.4. The van der Waals surface area contributed by atoms with Crippen LogP contribution in [0.5, 0.6) is 5.75 Å². The van der Waals surface area contributed by atoms with Crippen LogP contribution in [0.2, 0.25) is 0 Å². The van der Waals surface area contributed by atoms with Gasteiger partial charge in [0.15, 0.2) is 0 Å². The number of carbonyl (C=O) groups excluding carboxylic acids is 2. The zero-order chi connectivity index (χ0) is 25.3. The van der Waals surface area contributed by atoms with Gasteiger partial charge in [0.05, 0.1) is 0 Å². The molecule has 1 saturated heterocycles. The molecule has 1 amide bonds. The molecule has 5 rings (SSSR count). The van der Waals surface area contributed by atoms with Crippen LogP contribution in [0.3, 0.4) is 0 Å². The molecule has 186 valence electrons. The van der Waals surface area contributed by atoms with Crippen molar-refractivity contribution < 1.29 is 30.8 Å². The molecule has 0 bridgehead atoms. The zero-order valence-corrected chi connectivity index (χ0v) is 20.0. The van der Waals surface area contributed by atoms with Crippen molar-refractivity contribution in [2.45, 2.75) is 5.92 Å². The van der Waals surface area contributed by atoms with Crippen LogP contribution < -0.4 is 9.08 Å². The van der Waals surface area contributed by atoms with Crippen LogP contribution in [-0.2, 0) is 15.2 Å². The number of benzene rings is 3. The molecule has 0 spiro atoms. The topological polar surface area (TPSA) is 93.2 Å². The van der Waals surface area contributed by atoms with Crippen molar-refractivity contribution in [3.63, 3.8) is 0 Å². The maximum Gasteiger partial charge on any atom is 0.488 e. The number of piperazine rings is 1. The second kappa shape index (κ2) is 9.62. The Morgan fingerprint density at radius 3 is 2.14 bits per heavy atom. The van der Waals surface area contributed by atoms with E-state index in [4.69, 9.17) is 4.74 Å². The molecule has 0 radical (unpaired) electrons. The second-order valence-electron chi connectivity index (χ2n) is 8.63. The molecule has 0 aromatic heterocycles. The third kappa shape index (κ3) is 4.90. The Bertz CT molecular complexity index is 1370. The van der Waals surface area contributed by atoms with Crippen LogP contribution >= 0.6 is 0 Å². The van der Waals surface area contributed by atoms with Crippen molar-refractivity contribution in [2.75, 3.05) is 37.7 Å². The van der Waals surface area contributed by atoms with Crippen molar-refractivity contribution in [2.24, 2.45) is 0 Å². The van der Waals surface area contributed by atoms with Crippen molar-refractivity contribution in [3.05, 3.63) is 83.4 Å². The summed E-state index contributed by atoms with van der Waals surface area (Å²) in [5.74, 6) is -0.324.